The Morgan fingerprint density at radius 1 is 0.233 bits per heavy atom. The number of benzene rings is 9. The van der Waals surface area contributed by atoms with Crippen LogP contribution in [-0.2, 0) is 0 Å². The number of rotatable bonds is 17. The van der Waals surface area contributed by atoms with E-state index in [1.54, 1.807) is 42.7 Å². The molecule has 0 fully saturated rings. The van der Waals surface area contributed by atoms with Crippen molar-refractivity contribution in [3.8, 4) is 57.0 Å². The topological polar surface area (TPSA) is 90.9 Å². The molecule has 11 nitrogen and oxygen atoms in total. The van der Waals surface area contributed by atoms with E-state index in [-0.39, 0.29) is 0 Å². The summed E-state index contributed by atoms with van der Waals surface area (Å²) in [5.41, 5.74) is 13.3. The molecule has 0 aliphatic heterocycles. The zero-order valence-corrected chi connectivity index (χ0v) is 41.4. The van der Waals surface area contributed by atoms with Gasteiger partial charge in [-0.15, -0.1) is 0 Å². The second kappa shape index (κ2) is 21.3. The summed E-state index contributed by atoms with van der Waals surface area (Å²) in [6.45, 7) is 0. The molecule has 0 saturated heterocycles. The minimum absolute atomic E-state index is 0.729. The number of ether oxygens (including phenoxy) is 6. The van der Waals surface area contributed by atoms with E-state index in [1.807, 2.05) is 103 Å². The highest BCUT2D eigenvalue weighted by Gasteiger charge is 2.21. The van der Waals surface area contributed by atoms with Gasteiger partial charge in [0.1, 0.15) is 34.5 Å². The Bertz CT molecular complexity index is 3290. The Balaban J connectivity index is 1.11. The van der Waals surface area contributed by atoms with Crippen LogP contribution < -0.4 is 43.1 Å². The first-order chi connectivity index (χ1) is 35.9. The highest BCUT2D eigenvalue weighted by Crippen LogP contribution is 2.42. The summed E-state index contributed by atoms with van der Waals surface area (Å²) in [6.07, 6.45) is 0. The summed E-state index contributed by atoms with van der Waals surface area (Å²) < 4.78 is 33.1. The fourth-order valence-electron chi connectivity index (χ4n) is 8.85. The summed E-state index contributed by atoms with van der Waals surface area (Å²) in [4.78, 5) is 17.5. The zero-order valence-electron chi connectivity index (χ0n) is 41.4. The predicted octanol–water partition coefficient (Wildman–Crippen LogP) is 15.4. The number of anilines is 9. The number of aromatic nitrogens is 2. The third-order valence-corrected chi connectivity index (χ3v) is 12.7. The number of nitrogens with zero attached hydrogens (tertiary/aromatic N) is 5. The molecular weight excluding hydrogens is 911 g/mol. The Kier molecular flexibility index (Phi) is 13.7. The van der Waals surface area contributed by atoms with Gasteiger partial charge >= 0.3 is 0 Å². The van der Waals surface area contributed by atoms with Gasteiger partial charge in [-0.3, -0.25) is 0 Å². The molecule has 362 valence electrons. The van der Waals surface area contributed by atoms with Crippen LogP contribution in [0.4, 0.5) is 51.2 Å². The third-order valence-electron chi connectivity index (χ3n) is 12.7. The predicted molar refractivity (Wildman–Crippen MR) is 294 cm³/mol. The number of hydrogen-bond donors (Lipinski definition) is 0. The zero-order chi connectivity index (χ0) is 50.3. The summed E-state index contributed by atoms with van der Waals surface area (Å²) in [5, 5.41) is 0. The second-order valence-corrected chi connectivity index (χ2v) is 16.9. The van der Waals surface area contributed by atoms with Gasteiger partial charge in [0.15, 0.2) is 0 Å². The van der Waals surface area contributed by atoms with Crippen molar-refractivity contribution < 1.29 is 28.4 Å². The lowest BCUT2D eigenvalue weighted by Crippen LogP contribution is -2.10. The summed E-state index contributed by atoms with van der Waals surface area (Å²) in [5.74, 6) is 4.64. The molecule has 0 aliphatic rings. The van der Waals surface area contributed by atoms with Crippen molar-refractivity contribution in [2.24, 2.45) is 0 Å². The summed E-state index contributed by atoms with van der Waals surface area (Å²) >= 11 is 0. The molecular formula is C62H53N5O6. The van der Waals surface area contributed by atoms with Crippen LogP contribution in [0.3, 0.4) is 0 Å². The van der Waals surface area contributed by atoms with E-state index in [4.69, 9.17) is 38.4 Å². The van der Waals surface area contributed by atoms with Crippen LogP contribution in [0.15, 0.2) is 212 Å². The molecule has 11 heteroatoms. The molecule has 0 unspecified atom stereocenters. The van der Waals surface area contributed by atoms with Crippen LogP contribution in [0, 0.1) is 0 Å². The average Bonchev–Trinajstić information content (AvgIpc) is 3.46. The molecule has 0 radical (unpaired) electrons. The fourth-order valence-corrected chi connectivity index (χ4v) is 8.85. The molecule has 73 heavy (non-hydrogen) atoms. The number of hydrogen-bond acceptors (Lipinski definition) is 11. The second-order valence-electron chi connectivity index (χ2n) is 16.9. The monoisotopic (exact) mass is 963 g/mol. The van der Waals surface area contributed by atoms with Gasteiger partial charge in [0.05, 0.1) is 65.1 Å². The van der Waals surface area contributed by atoms with Crippen LogP contribution in [0.5, 0.6) is 34.5 Å². The van der Waals surface area contributed by atoms with E-state index >= 15 is 0 Å². The van der Waals surface area contributed by atoms with Gasteiger partial charge in [0.25, 0.3) is 0 Å². The largest absolute Gasteiger partial charge is 0.497 e. The molecule has 9 aromatic carbocycles. The van der Waals surface area contributed by atoms with E-state index in [1.165, 1.54) is 0 Å². The highest BCUT2D eigenvalue weighted by atomic mass is 16.5. The lowest BCUT2D eigenvalue weighted by molar-refractivity contribution is 0.414. The third kappa shape index (κ3) is 9.97. The fraction of sp³-hybridized carbons (Fsp3) is 0.0968. The van der Waals surface area contributed by atoms with Crippen LogP contribution in [-0.4, -0.2) is 52.6 Å². The first-order valence-electron chi connectivity index (χ1n) is 23.6. The van der Waals surface area contributed by atoms with Crippen LogP contribution in [0.1, 0.15) is 0 Å². The number of fused-ring (bicyclic) bond motifs is 1. The Hall–Kier alpha value is -9.48. The van der Waals surface area contributed by atoms with Crippen LogP contribution in [0.25, 0.3) is 33.5 Å². The standard InChI is InChI=1S/C62H53N5O6/c1-68-53-28-15-46(16-29-53)65(47-17-30-54(69-2)31-18-47)44-11-7-42(8-12-44)61-62(43-9-13-45(14-10-43)66(48-19-32-55(70-3)33-20-48)49-21-34-56(71-4)35-22-49)64-60-41-52(27-40-59(60)63-61)67(50-23-36-57(72-5)37-24-50)51-25-38-58(73-6)39-26-51/h7-41H,1-6H3. The Labute approximate surface area is 425 Å². The molecule has 0 amide bonds. The smallest absolute Gasteiger partial charge is 0.119 e. The van der Waals surface area contributed by atoms with Crippen molar-refractivity contribution in [3.05, 3.63) is 212 Å². The van der Waals surface area contributed by atoms with E-state index in [2.05, 4.69) is 124 Å². The van der Waals surface area contributed by atoms with E-state index in [0.717, 1.165) is 119 Å². The minimum Gasteiger partial charge on any atom is -0.497 e. The molecule has 0 atom stereocenters. The molecule has 0 aliphatic carbocycles. The lowest BCUT2D eigenvalue weighted by Gasteiger charge is -2.26. The summed E-state index contributed by atoms with van der Waals surface area (Å²) in [7, 11) is 10.0. The van der Waals surface area contributed by atoms with E-state index in [9.17, 15) is 0 Å². The molecule has 10 aromatic rings. The van der Waals surface area contributed by atoms with Crippen molar-refractivity contribution >= 4 is 62.2 Å². The molecule has 0 N–H and O–H groups in total. The first-order valence-corrected chi connectivity index (χ1v) is 23.6. The van der Waals surface area contributed by atoms with Crippen molar-refractivity contribution in [1.29, 1.82) is 0 Å². The molecule has 1 heterocycles. The average molecular weight is 964 g/mol. The number of methoxy groups -OCH3 is 6. The highest BCUT2D eigenvalue weighted by molar-refractivity contribution is 5.91. The normalized spacial score (nSPS) is 10.9. The molecule has 0 spiro atoms. The van der Waals surface area contributed by atoms with Gasteiger partial charge in [-0.05, 0) is 188 Å². The van der Waals surface area contributed by atoms with Crippen molar-refractivity contribution in [3.63, 3.8) is 0 Å². The summed E-state index contributed by atoms with van der Waals surface area (Å²) in [6, 6.07) is 71.3. The minimum atomic E-state index is 0.729. The van der Waals surface area contributed by atoms with E-state index in [0.29, 0.717) is 0 Å². The lowest BCUT2D eigenvalue weighted by atomic mass is 10.0. The first kappa shape index (κ1) is 47.2. The van der Waals surface area contributed by atoms with Gasteiger partial charge in [0, 0.05) is 62.3 Å². The maximum absolute atomic E-state index is 5.53. The van der Waals surface area contributed by atoms with Crippen molar-refractivity contribution in [2.45, 2.75) is 0 Å². The maximum Gasteiger partial charge on any atom is 0.119 e. The molecule has 1 aromatic heterocycles. The molecule has 0 bridgehead atoms. The van der Waals surface area contributed by atoms with Gasteiger partial charge in [0.2, 0.25) is 0 Å². The van der Waals surface area contributed by atoms with Crippen LogP contribution in [0.2, 0.25) is 0 Å². The Morgan fingerprint density at radius 3 is 0.685 bits per heavy atom. The molecule has 0 saturated carbocycles. The maximum atomic E-state index is 5.53. The molecule has 10 rings (SSSR count). The Morgan fingerprint density at radius 2 is 0.438 bits per heavy atom. The van der Waals surface area contributed by atoms with Gasteiger partial charge in [-0.2, -0.15) is 0 Å². The van der Waals surface area contributed by atoms with Crippen LogP contribution >= 0.6 is 0 Å². The van der Waals surface area contributed by atoms with Crippen molar-refractivity contribution in [1.82, 2.24) is 9.97 Å². The van der Waals surface area contributed by atoms with E-state index < -0.39 is 0 Å². The van der Waals surface area contributed by atoms with Gasteiger partial charge in [-0.1, -0.05) is 24.3 Å². The SMILES string of the molecule is COc1ccc(N(c2ccc(OC)cc2)c2ccc(-c3nc4ccc(N(c5ccc(OC)cc5)c5ccc(OC)cc5)cc4nc3-c3ccc(N(c4ccc(OC)cc4)c4ccc(OC)cc4)cc3)cc2)cc1. The van der Waals surface area contributed by atoms with Crippen molar-refractivity contribution in [2.75, 3.05) is 57.4 Å². The van der Waals surface area contributed by atoms with Gasteiger partial charge < -0.3 is 43.1 Å². The quantitative estimate of drug-likeness (QED) is 0.0874. The van der Waals surface area contributed by atoms with Gasteiger partial charge in [-0.25, -0.2) is 9.97 Å².